The third kappa shape index (κ3) is 5.76. The van der Waals surface area contributed by atoms with Crippen LogP contribution in [0.1, 0.15) is 103 Å². The molecule has 3 aromatic rings. The molecule has 0 aliphatic heterocycles. The molecule has 4 aliphatic rings. The van der Waals surface area contributed by atoms with Gasteiger partial charge in [0.25, 0.3) is 5.89 Å². The number of hydrogen-bond donors (Lipinski definition) is 2. The van der Waals surface area contributed by atoms with Gasteiger partial charge in [-0.05, 0) is 120 Å². The van der Waals surface area contributed by atoms with Gasteiger partial charge in [0.1, 0.15) is 0 Å². The molecule has 4 aliphatic carbocycles. The first kappa shape index (κ1) is 29.9. The third-order valence-corrected chi connectivity index (χ3v) is 10.4. The van der Waals surface area contributed by atoms with Crippen LogP contribution in [0.25, 0.3) is 11.1 Å². The minimum Gasteiger partial charge on any atom is -0.390 e. The van der Waals surface area contributed by atoms with Crippen LogP contribution in [-0.4, -0.2) is 38.4 Å². The Bertz CT molecular complexity index is 1470. The van der Waals surface area contributed by atoms with Crippen molar-refractivity contribution >= 4 is 11.6 Å². The number of nitrogens with zero attached hydrogens (tertiary/aromatic N) is 3. The first-order valence-corrected chi connectivity index (χ1v) is 15.6. The highest BCUT2D eigenvalue weighted by Gasteiger charge is 2.53. The van der Waals surface area contributed by atoms with Crippen molar-refractivity contribution < 1.29 is 23.9 Å². The molecule has 0 saturated heterocycles. The van der Waals surface area contributed by atoms with Crippen LogP contribution in [0.3, 0.4) is 0 Å². The third-order valence-electron chi connectivity index (χ3n) is 10.4. The van der Waals surface area contributed by atoms with Gasteiger partial charge >= 0.3 is 0 Å². The number of anilines is 1. The predicted octanol–water partition coefficient (Wildman–Crippen LogP) is 6.95. The number of amides is 1. The van der Waals surface area contributed by atoms with Gasteiger partial charge in [0, 0.05) is 23.6 Å². The highest BCUT2D eigenvalue weighted by Crippen LogP contribution is 2.58. The zero-order valence-electron chi connectivity index (χ0n) is 26.0. The lowest BCUT2D eigenvalue weighted by Gasteiger charge is -2.54. The maximum atomic E-state index is 14.5. The lowest BCUT2D eigenvalue weighted by molar-refractivity contribution is -0.137. The Morgan fingerprint density at radius 3 is 2.16 bits per heavy atom. The van der Waals surface area contributed by atoms with Gasteiger partial charge in [0.15, 0.2) is 11.5 Å². The summed E-state index contributed by atoms with van der Waals surface area (Å²) in [6, 6.07) is 16.0. The predicted molar refractivity (Wildman–Crippen MR) is 163 cm³/mol. The topological polar surface area (TPSA) is 99.7 Å². The van der Waals surface area contributed by atoms with Gasteiger partial charge < -0.3 is 19.6 Å². The summed E-state index contributed by atoms with van der Waals surface area (Å²) < 4.78 is 19.8. The van der Waals surface area contributed by atoms with Gasteiger partial charge in [0.2, 0.25) is 5.91 Å². The summed E-state index contributed by atoms with van der Waals surface area (Å²) in [5, 5.41) is 25.0. The smallest absolute Gasteiger partial charge is 0.263 e. The van der Waals surface area contributed by atoms with Gasteiger partial charge in [-0.15, -0.1) is 0 Å². The van der Waals surface area contributed by atoms with E-state index in [1.165, 1.54) is 13.8 Å². The Labute approximate surface area is 253 Å². The van der Waals surface area contributed by atoms with E-state index in [1.54, 1.807) is 20.8 Å². The van der Waals surface area contributed by atoms with E-state index in [0.717, 1.165) is 60.9 Å². The van der Waals surface area contributed by atoms with E-state index in [1.807, 2.05) is 47.4 Å². The van der Waals surface area contributed by atoms with Crippen LogP contribution < -0.4 is 4.90 Å². The van der Waals surface area contributed by atoms with Crippen LogP contribution in [0.15, 0.2) is 53.1 Å². The Morgan fingerprint density at radius 2 is 1.63 bits per heavy atom. The summed E-state index contributed by atoms with van der Waals surface area (Å²) in [7, 11) is 0. The SMILES string of the molecule is CC1(O)CC(C(=O)N(C[C@]23CC[C@](c4noc(C(C)(C)F)n4)(CC2)CC3)c2cccc(-c3ccc(C(C)(C)O)cc3)c2)C1. The Kier molecular flexibility index (Phi) is 7.13. The Balaban J connectivity index is 1.26. The van der Waals surface area contributed by atoms with Crippen LogP contribution in [0.4, 0.5) is 10.1 Å². The van der Waals surface area contributed by atoms with Crippen LogP contribution in [-0.2, 0) is 21.5 Å². The summed E-state index contributed by atoms with van der Waals surface area (Å²) in [4.78, 5) is 20.5. The number of rotatable bonds is 8. The fourth-order valence-corrected chi connectivity index (χ4v) is 7.47. The number of halogens is 1. The van der Waals surface area contributed by atoms with E-state index in [4.69, 9.17) is 4.52 Å². The zero-order valence-corrected chi connectivity index (χ0v) is 26.0. The van der Waals surface area contributed by atoms with E-state index in [9.17, 15) is 19.4 Å². The average molecular weight is 590 g/mol. The van der Waals surface area contributed by atoms with Crippen molar-refractivity contribution in [1.82, 2.24) is 10.1 Å². The lowest BCUT2D eigenvalue weighted by Crippen LogP contribution is -2.54. The van der Waals surface area contributed by atoms with Gasteiger partial charge in [-0.2, -0.15) is 4.98 Å². The summed E-state index contributed by atoms with van der Waals surface area (Å²) >= 11 is 0. The molecule has 1 aromatic heterocycles. The van der Waals surface area contributed by atoms with E-state index in [0.29, 0.717) is 25.2 Å². The molecule has 4 fully saturated rings. The fourth-order valence-electron chi connectivity index (χ4n) is 7.47. The zero-order chi connectivity index (χ0) is 30.8. The molecule has 2 aromatic carbocycles. The van der Waals surface area contributed by atoms with Crippen molar-refractivity contribution in [3.8, 4) is 11.1 Å². The summed E-state index contributed by atoms with van der Waals surface area (Å²) in [6.07, 6.45) is 6.38. The molecular weight excluding hydrogens is 545 g/mol. The van der Waals surface area contributed by atoms with E-state index in [2.05, 4.69) is 16.2 Å². The Hall–Kier alpha value is -3.10. The van der Waals surface area contributed by atoms with Gasteiger partial charge in [-0.3, -0.25) is 4.79 Å². The van der Waals surface area contributed by atoms with E-state index in [-0.39, 0.29) is 28.5 Å². The number of benzene rings is 2. The molecular formula is C35H44FN3O4. The van der Waals surface area contributed by atoms with Crippen molar-refractivity contribution in [2.24, 2.45) is 11.3 Å². The number of hydrogen-bond acceptors (Lipinski definition) is 6. The average Bonchev–Trinajstić information content (AvgIpc) is 3.47. The number of fused-ring (bicyclic) bond motifs is 3. The largest absolute Gasteiger partial charge is 0.390 e. The number of carbonyl (C=O) groups excluding carboxylic acids is 1. The van der Waals surface area contributed by atoms with Crippen molar-refractivity contribution in [2.45, 2.75) is 108 Å². The fraction of sp³-hybridized carbons (Fsp3) is 0.571. The number of aliphatic hydroxyl groups is 2. The quantitative estimate of drug-likeness (QED) is 0.295. The van der Waals surface area contributed by atoms with Crippen LogP contribution >= 0.6 is 0 Å². The van der Waals surface area contributed by atoms with Crippen molar-refractivity contribution in [3.05, 3.63) is 65.8 Å². The monoisotopic (exact) mass is 589 g/mol. The highest BCUT2D eigenvalue weighted by atomic mass is 19.1. The highest BCUT2D eigenvalue weighted by molar-refractivity contribution is 5.96. The van der Waals surface area contributed by atoms with Crippen LogP contribution in [0, 0.1) is 11.3 Å². The first-order valence-electron chi connectivity index (χ1n) is 15.6. The van der Waals surface area contributed by atoms with Crippen LogP contribution in [0.5, 0.6) is 0 Å². The molecule has 0 unspecified atom stereocenters. The second-order valence-electron chi connectivity index (χ2n) is 14.9. The molecule has 7 rings (SSSR count). The van der Waals surface area contributed by atoms with Crippen LogP contribution in [0.2, 0.25) is 0 Å². The van der Waals surface area contributed by atoms with Gasteiger partial charge in [0.05, 0.1) is 11.2 Å². The summed E-state index contributed by atoms with van der Waals surface area (Å²) in [6.45, 7) is 8.83. The first-order chi connectivity index (χ1) is 20.1. The summed E-state index contributed by atoms with van der Waals surface area (Å²) in [5.74, 6) is 0.525. The maximum absolute atomic E-state index is 14.5. The molecule has 0 atom stereocenters. The molecule has 1 heterocycles. The maximum Gasteiger partial charge on any atom is 0.263 e. The number of alkyl halides is 1. The number of carbonyl (C=O) groups is 1. The van der Waals surface area contributed by atoms with Crippen molar-refractivity contribution in [3.63, 3.8) is 0 Å². The Morgan fingerprint density at radius 1 is 1.00 bits per heavy atom. The van der Waals surface area contributed by atoms with Crippen molar-refractivity contribution in [1.29, 1.82) is 0 Å². The summed E-state index contributed by atoms with van der Waals surface area (Å²) in [5.41, 5.74) is 0.122. The van der Waals surface area contributed by atoms with Gasteiger partial charge in [-0.25, -0.2) is 4.39 Å². The normalized spacial score (nSPS) is 28.9. The second-order valence-corrected chi connectivity index (χ2v) is 14.9. The van der Waals surface area contributed by atoms with E-state index < -0.39 is 16.9 Å². The molecule has 2 N–H and O–H groups in total. The second kappa shape index (κ2) is 10.2. The lowest BCUT2D eigenvalue weighted by atomic mass is 9.53. The molecule has 8 heteroatoms. The van der Waals surface area contributed by atoms with Crippen molar-refractivity contribution in [2.75, 3.05) is 11.4 Å². The minimum atomic E-state index is -1.67. The molecule has 1 amide bonds. The molecule has 0 radical (unpaired) electrons. The van der Waals surface area contributed by atoms with E-state index >= 15 is 0 Å². The number of aromatic nitrogens is 2. The molecule has 0 spiro atoms. The molecule has 230 valence electrons. The standard InChI is InChI=1S/C35H44FN3O4/c1-31(2,36)30-37-29(38-43-30)35-16-13-34(14-17-35,15-18-35)22-39(28(40)25-20-33(5,42)21-25)27-8-6-7-24(19-27)23-9-11-26(12-10-23)32(3,4)41/h6-12,19,25,41-42H,13-18,20-22H2,1-5H3/t25?,33?,34-,35+. The minimum absolute atomic E-state index is 0.0278. The molecule has 43 heavy (non-hydrogen) atoms. The molecule has 2 bridgehead atoms. The molecule has 4 saturated carbocycles. The van der Waals surface area contributed by atoms with Gasteiger partial charge in [-0.1, -0.05) is 41.6 Å². The molecule has 7 nitrogen and oxygen atoms in total.